The highest BCUT2D eigenvalue weighted by Crippen LogP contribution is 2.10. The summed E-state index contributed by atoms with van der Waals surface area (Å²) < 4.78 is 13.8. The van der Waals surface area contributed by atoms with Gasteiger partial charge in [-0.2, -0.15) is 0 Å². The van der Waals surface area contributed by atoms with Crippen molar-refractivity contribution >= 4 is 12.0 Å². The molecule has 0 bridgehead atoms. The van der Waals surface area contributed by atoms with Crippen molar-refractivity contribution in [1.82, 2.24) is 0 Å². The monoisotopic (exact) mass is 198 g/mol. The van der Waals surface area contributed by atoms with Gasteiger partial charge in [0.25, 0.3) is 0 Å². The number of methoxy groups -OCH3 is 1. The van der Waals surface area contributed by atoms with E-state index in [4.69, 9.17) is 0 Å². The van der Waals surface area contributed by atoms with Gasteiger partial charge < -0.3 is 13.6 Å². The van der Waals surface area contributed by atoms with Crippen molar-refractivity contribution in [2.75, 3.05) is 7.11 Å². The molecular formula is C9H10O5. The Bertz CT molecular complexity index is 421. The fourth-order valence-electron chi connectivity index (χ4n) is 0.905. The van der Waals surface area contributed by atoms with E-state index in [0.717, 1.165) is 0 Å². The van der Waals surface area contributed by atoms with E-state index in [2.05, 4.69) is 13.6 Å². The van der Waals surface area contributed by atoms with E-state index >= 15 is 0 Å². The van der Waals surface area contributed by atoms with Crippen molar-refractivity contribution < 1.29 is 18.4 Å². The SMILES string of the molecule is COC(=O)C(C)=Cc1oc(=O)oc1C. The second-order valence-corrected chi connectivity index (χ2v) is 2.69. The van der Waals surface area contributed by atoms with E-state index in [-0.39, 0.29) is 5.76 Å². The Labute approximate surface area is 80.0 Å². The fraction of sp³-hybridized carbons (Fsp3) is 0.333. The zero-order valence-electron chi connectivity index (χ0n) is 8.12. The van der Waals surface area contributed by atoms with E-state index in [1.54, 1.807) is 13.8 Å². The lowest BCUT2D eigenvalue weighted by atomic mass is 10.2. The maximum Gasteiger partial charge on any atom is 0.519 e. The number of ether oxygens (including phenoxy) is 1. The van der Waals surface area contributed by atoms with Crippen LogP contribution in [0.2, 0.25) is 0 Å². The minimum Gasteiger partial charge on any atom is -0.466 e. The average Bonchev–Trinajstić information content (AvgIpc) is 2.44. The highest BCUT2D eigenvalue weighted by atomic mass is 16.6. The van der Waals surface area contributed by atoms with Crippen LogP contribution >= 0.6 is 0 Å². The van der Waals surface area contributed by atoms with Crippen LogP contribution in [0, 0.1) is 6.92 Å². The lowest BCUT2D eigenvalue weighted by Crippen LogP contribution is -2.00. The Morgan fingerprint density at radius 1 is 1.43 bits per heavy atom. The molecule has 0 aromatic carbocycles. The second-order valence-electron chi connectivity index (χ2n) is 2.69. The summed E-state index contributed by atoms with van der Waals surface area (Å²) in [5, 5.41) is 0. The molecule has 5 heteroatoms. The molecule has 0 spiro atoms. The third-order valence-corrected chi connectivity index (χ3v) is 1.63. The Morgan fingerprint density at radius 2 is 2.07 bits per heavy atom. The largest absolute Gasteiger partial charge is 0.519 e. The molecule has 0 atom stereocenters. The molecule has 0 radical (unpaired) electrons. The summed E-state index contributed by atoms with van der Waals surface area (Å²) in [4.78, 5) is 21.6. The molecule has 0 N–H and O–H groups in total. The number of carbonyl (C=O) groups is 1. The molecule has 0 saturated carbocycles. The molecule has 1 heterocycles. The predicted octanol–water partition coefficient (Wildman–Crippen LogP) is 1.12. The van der Waals surface area contributed by atoms with Crippen LogP contribution in [0.3, 0.4) is 0 Å². The van der Waals surface area contributed by atoms with Crippen LogP contribution in [0.25, 0.3) is 6.08 Å². The lowest BCUT2D eigenvalue weighted by molar-refractivity contribution is -0.135. The molecule has 0 aliphatic carbocycles. The standard InChI is InChI=1S/C9H10O5/c1-5(8(10)12-3)4-7-6(2)13-9(11)14-7/h4H,1-3H3. The summed E-state index contributed by atoms with van der Waals surface area (Å²) in [6.07, 6.45) is 1.39. The number of esters is 1. The van der Waals surface area contributed by atoms with E-state index in [1.165, 1.54) is 13.2 Å². The molecule has 1 aromatic heterocycles. The van der Waals surface area contributed by atoms with E-state index in [1.807, 2.05) is 0 Å². The number of carbonyl (C=O) groups excluding carboxylic acids is 1. The van der Waals surface area contributed by atoms with Crippen molar-refractivity contribution in [2.45, 2.75) is 13.8 Å². The first-order chi connectivity index (χ1) is 6.54. The van der Waals surface area contributed by atoms with Gasteiger partial charge in [0.05, 0.1) is 7.11 Å². The molecule has 14 heavy (non-hydrogen) atoms. The van der Waals surface area contributed by atoms with Gasteiger partial charge in [0, 0.05) is 5.57 Å². The van der Waals surface area contributed by atoms with Crippen LogP contribution in [-0.4, -0.2) is 13.1 Å². The highest BCUT2D eigenvalue weighted by Gasteiger charge is 2.09. The van der Waals surface area contributed by atoms with E-state index in [0.29, 0.717) is 11.3 Å². The molecule has 0 fully saturated rings. The summed E-state index contributed by atoms with van der Waals surface area (Å²) in [6.45, 7) is 3.12. The van der Waals surface area contributed by atoms with Gasteiger partial charge in [-0.1, -0.05) is 0 Å². The summed E-state index contributed by atoms with van der Waals surface area (Å²) in [5.41, 5.74) is 0.333. The normalized spacial score (nSPS) is 11.5. The minimum absolute atomic E-state index is 0.234. The van der Waals surface area contributed by atoms with Gasteiger partial charge in [0.1, 0.15) is 0 Å². The molecule has 76 valence electrons. The Morgan fingerprint density at radius 3 is 2.50 bits per heavy atom. The lowest BCUT2D eigenvalue weighted by Gasteiger charge is -1.96. The van der Waals surface area contributed by atoms with Gasteiger partial charge in [-0.3, -0.25) is 0 Å². The Kier molecular flexibility index (Phi) is 2.91. The van der Waals surface area contributed by atoms with Gasteiger partial charge in [0.2, 0.25) is 0 Å². The summed E-state index contributed by atoms with van der Waals surface area (Å²) in [7, 11) is 1.28. The minimum atomic E-state index is -0.786. The van der Waals surface area contributed by atoms with Crippen LogP contribution < -0.4 is 5.82 Å². The molecule has 0 aliphatic rings. The van der Waals surface area contributed by atoms with Crippen LogP contribution in [0.5, 0.6) is 0 Å². The highest BCUT2D eigenvalue weighted by molar-refractivity contribution is 5.92. The number of hydrogen-bond donors (Lipinski definition) is 0. The number of aryl methyl sites for hydroxylation is 1. The predicted molar refractivity (Wildman–Crippen MR) is 47.6 cm³/mol. The fourth-order valence-corrected chi connectivity index (χ4v) is 0.905. The zero-order chi connectivity index (χ0) is 10.7. The summed E-state index contributed by atoms with van der Waals surface area (Å²) in [5.74, 6) is -0.698. The maximum absolute atomic E-state index is 11.0. The first-order valence-corrected chi connectivity index (χ1v) is 3.91. The quantitative estimate of drug-likeness (QED) is 0.526. The molecule has 0 amide bonds. The maximum atomic E-state index is 11.0. The molecule has 0 unspecified atom stereocenters. The average molecular weight is 198 g/mol. The van der Waals surface area contributed by atoms with Crippen LogP contribution in [0.1, 0.15) is 18.4 Å². The van der Waals surface area contributed by atoms with Crippen molar-refractivity contribution in [3.05, 3.63) is 27.7 Å². The van der Waals surface area contributed by atoms with Crippen LogP contribution in [-0.2, 0) is 9.53 Å². The Hall–Kier alpha value is -1.78. The van der Waals surface area contributed by atoms with Gasteiger partial charge in [-0.15, -0.1) is 0 Å². The topological polar surface area (TPSA) is 69.7 Å². The van der Waals surface area contributed by atoms with Crippen LogP contribution in [0.15, 0.2) is 19.2 Å². The molecule has 1 rings (SSSR count). The van der Waals surface area contributed by atoms with Crippen molar-refractivity contribution in [2.24, 2.45) is 0 Å². The first-order valence-electron chi connectivity index (χ1n) is 3.91. The number of rotatable bonds is 2. The Balaban J connectivity index is 3.02. The van der Waals surface area contributed by atoms with E-state index < -0.39 is 11.8 Å². The van der Waals surface area contributed by atoms with Gasteiger partial charge in [-0.25, -0.2) is 9.59 Å². The third kappa shape index (κ3) is 2.12. The van der Waals surface area contributed by atoms with Crippen molar-refractivity contribution in [3.63, 3.8) is 0 Å². The summed E-state index contributed by atoms with van der Waals surface area (Å²) >= 11 is 0. The van der Waals surface area contributed by atoms with Crippen LogP contribution in [0.4, 0.5) is 0 Å². The third-order valence-electron chi connectivity index (χ3n) is 1.63. The van der Waals surface area contributed by atoms with Gasteiger partial charge >= 0.3 is 11.8 Å². The summed E-state index contributed by atoms with van der Waals surface area (Å²) in [6, 6.07) is 0. The van der Waals surface area contributed by atoms with Gasteiger partial charge in [0.15, 0.2) is 11.5 Å². The number of hydrogen-bond acceptors (Lipinski definition) is 5. The van der Waals surface area contributed by atoms with Crippen molar-refractivity contribution in [1.29, 1.82) is 0 Å². The molecule has 0 saturated heterocycles. The molecule has 5 nitrogen and oxygen atoms in total. The molecule has 1 aromatic rings. The molecular weight excluding hydrogens is 188 g/mol. The second kappa shape index (κ2) is 3.95. The smallest absolute Gasteiger partial charge is 0.466 e. The van der Waals surface area contributed by atoms with E-state index in [9.17, 15) is 9.59 Å². The zero-order valence-corrected chi connectivity index (χ0v) is 8.12. The first kappa shape index (κ1) is 10.3. The van der Waals surface area contributed by atoms with Gasteiger partial charge in [-0.05, 0) is 19.9 Å². The molecule has 0 aliphatic heterocycles. The van der Waals surface area contributed by atoms with Crippen molar-refractivity contribution in [3.8, 4) is 0 Å².